The normalized spacial score (nSPS) is 15.3. The molecular formula is C25H23N5O2. The fourth-order valence-electron chi connectivity index (χ4n) is 4.42. The molecule has 1 saturated carbocycles. The van der Waals surface area contributed by atoms with Crippen LogP contribution >= 0.6 is 0 Å². The van der Waals surface area contributed by atoms with E-state index in [1.807, 2.05) is 30.3 Å². The smallest absolute Gasteiger partial charge is 0.253 e. The predicted molar refractivity (Wildman–Crippen MR) is 121 cm³/mol. The number of carbonyl (C=O) groups excluding carboxylic acids is 1. The van der Waals surface area contributed by atoms with Crippen LogP contribution in [0.5, 0.6) is 0 Å². The molecule has 2 aromatic carbocycles. The first-order chi connectivity index (χ1) is 15.5. The number of fused-ring (bicyclic) bond motifs is 2. The summed E-state index contributed by atoms with van der Waals surface area (Å²) in [7, 11) is 1.69. The molecule has 1 aliphatic heterocycles. The predicted octanol–water partition coefficient (Wildman–Crippen LogP) is 3.26. The molecule has 7 nitrogen and oxygen atoms in total. The molecule has 1 spiro atoms. The minimum atomic E-state index is -0.118. The van der Waals surface area contributed by atoms with Gasteiger partial charge in [0.05, 0.1) is 18.2 Å². The second-order valence-corrected chi connectivity index (χ2v) is 8.51. The van der Waals surface area contributed by atoms with Crippen molar-refractivity contribution < 1.29 is 9.90 Å². The third-order valence-corrected chi connectivity index (χ3v) is 6.41. The number of hydrogen-bond acceptors (Lipinski definition) is 6. The zero-order valence-corrected chi connectivity index (χ0v) is 17.8. The fraction of sp³-hybridized carbons (Fsp3) is 0.280. The summed E-state index contributed by atoms with van der Waals surface area (Å²) in [4.78, 5) is 25.6. The Morgan fingerprint density at radius 2 is 1.97 bits per heavy atom. The number of nitriles is 1. The highest BCUT2D eigenvalue weighted by Crippen LogP contribution is 2.57. The average Bonchev–Trinajstić information content (AvgIpc) is 3.55. The average molecular weight is 425 g/mol. The van der Waals surface area contributed by atoms with Crippen molar-refractivity contribution in [2.24, 2.45) is 0 Å². The lowest BCUT2D eigenvalue weighted by Gasteiger charge is -2.19. The van der Waals surface area contributed by atoms with Gasteiger partial charge < -0.3 is 14.9 Å². The van der Waals surface area contributed by atoms with E-state index in [9.17, 15) is 4.79 Å². The van der Waals surface area contributed by atoms with Gasteiger partial charge in [-0.1, -0.05) is 18.2 Å². The molecule has 5 rings (SSSR count). The van der Waals surface area contributed by atoms with Gasteiger partial charge in [-0.3, -0.25) is 4.79 Å². The van der Waals surface area contributed by atoms with Crippen molar-refractivity contribution in [3.05, 3.63) is 71.5 Å². The highest BCUT2D eigenvalue weighted by Gasteiger charge is 2.52. The van der Waals surface area contributed by atoms with E-state index in [4.69, 9.17) is 10.4 Å². The van der Waals surface area contributed by atoms with Crippen molar-refractivity contribution in [2.45, 2.75) is 18.3 Å². The summed E-state index contributed by atoms with van der Waals surface area (Å²) in [6.07, 6.45) is 5.79. The monoisotopic (exact) mass is 425 g/mol. The van der Waals surface area contributed by atoms with Gasteiger partial charge in [-0.15, -0.1) is 0 Å². The van der Waals surface area contributed by atoms with Gasteiger partial charge in [0.2, 0.25) is 5.95 Å². The molecule has 160 valence electrons. The van der Waals surface area contributed by atoms with Gasteiger partial charge in [-0.25, -0.2) is 9.97 Å². The van der Waals surface area contributed by atoms with Crippen LogP contribution in [-0.4, -0.2) is 52.6 Å². The molecule has 0 unspecified atom stereocenters. The van der Waals surface area contributed by atoms with Crippen LogP contribution in [0.3, 0.4) is 0 Å². The number of aliphatic hydroxyl groups excluding tert-OH is 1. The molecule has 3 aromatic rings. The summed E-state index contributed by atoms with van der Waals surface area (Å²) in [5.41, 5.74) is 5.28. The molecule has 0 saturated heterocycles. The van der Waals surface area contributed by atoms with Crippen LogP contribution < -0.4 is 4.90 Å². The van der Waals surface area contributed by atoms with Crippen molar-refractivity contribution in [3.8, 4) is 17.2 Å². The summed E-state index contributed by atoms with van der Waals surface area (Å²) in [5, 5.41) is 18.3. The Balaban J connectivity index is 1.47. The maximum atomic E-state index is 12.8. The van der Waals surface area contributed by atoms with Crippen LogP contribution in [0.1, 0.15) is 34.3 Å². The zero-order chi connectivity index (χ0) is 22.3. The van der Waals surface area contributed by atoms with Crippen LogP contribution in [0.4, 0.5) is 11.6 Å². The number of aliphatic hydroxyl groups is 1. The SMILES string of the molecule is CN(CCO)C(=O)c1ccc2c(c1)N(c1ncc(-c3cccc(C#N)c3)cn1)CC21CC1. The van der Waals surface area contributed by atoms with Crippen molar-refractivity contribution in [2.75, 3.05) is 31.6 Å². The van der Waals surface area contributed by atoms with Crippen LogP contribution in [0, 0.1) is 11.3 Å². The number of rotatable bonds is 5. The minimum Gasteiger partial charge on any atom is -0.395 e. The first kappa shape index (κ1) is 20.2. The Hall–Kier alpha value is -3.76. The first-order valence-electron chi connectivity index (χ1n) is 10.7. The lowest BCUT2D eigenvalue weighted by Crippen LogP contribution is -2.29. The number of nitrogens with zero attached hydrogens (tertiary/aromatic N) is 5. The lowest BCUT2D eigenvalue weighted by molar-refractivity contribution is 0.0767. The number of hydrogen-bond donors (Lipinski definition) is 1. The molecule has 32 heavy (non-hydrogen) atoms. The summed E-state index contributed by atoms with van der Waals surface area (Å²) < 4.78 is 0. The summed E-state index contributed by atoms with van der Waals surface area (Å²) in [6.45, 7) is 1.02. The first-order valence-corrected chi connectivity index (χ1v) is 10.7. The molecule has 1 amide bonds. The molecular weight excluding hydrogens is 402 g/mol. The Morgan fingerprint density at radius 3 is 2.66 bits per heavy atom. The van der Waals surface area contributed by atoms with E-state index in [-0.39, 0.29) is 17.9 Å². The number of likely N-dealkylation sites (N-methyl/N-ethyl adjacent to an activating group) is 1. The van der Waals surface area contributed by atoms with Crippen molar-refractivity contribution >= 4 is 17.5 Å². The molecule has 2 aliphatic rings. The molecule has 0 bridgehead atoms. The largest absolute Gasteiger partial charge is 0.395 e. The minimum absolute atomic E-state index is 0.0696. The van der Waals surface area contributed by atoms with E-state index >= 15 is 0 Å². The third kappa shape index (κ3) is 3.39. The Labute approximate surface area is 186 Å². The molecule has 1 aromatic heterocycles. The van der Waals surface area contributed by atoms with Crippen LogP contribution in [0.15, 0.2) is 54.9 Å². The van der Waals surface area contributed by atoms with Gasteiger partial charge in [0.15, 0.2) is 0 Å². The van der Waals surface area contributed by atoms with E-state index in [2.05, 4.69) is 27.0 Å². The summed E-state index contributed by atoms with van der Waals surface area (Å²) >= 11 is 0. The summed E-state index contributed by atoms with van der Waals surface area (Å²) in [5.74, 6) is 0.482. The van der Waals surface area contributed by atoms with E-state index in [0.717, 1.165) is 36.2 Å². The molecule has 0 atom stereocenters. The van der Waals surface area contributed by atoms with Crippen molar-refractivity contribution in [1.82, 2.24) is 14.9 Å². The van der Waals surface area contributed by atoms with E-state index in [0.29, 0.717) is 23.6 Å². The van der Waals surface area contributed by atoms with Crippen molar-refractivity contribution in [1.29, 1.82) is 5.26 Å². The zero-order valence-electron chi connectivity index (χ0n) is 17.8. The highest BCUT2D eigenvalue weighted by atomic mass is 16.3. The van der Waals surface area contributed by atoms with Gasteiger partial charge in [-0.05, 0) is 48.2 Å². The lowest BCUT2D eigenvalue weighted by atomic mass is 9.97. The number of aromatic nitrogens is 2. The maximum Gasteiger partial charge on any atom is 0.253 e. The molecule has 1 N–H and O–H groups in total. The quantitative estimate of drug-likeness (QED) is 0.674. The van der Waals surface area contributed by atoms with Gasteiger partial charge in [0.25, 0.3) is 5.91 Å². The van der Waals surface area contributed by atoms with Crippen LogP contribution in [-0.2, 0) is 5.41 Å². The molecule has 7 heteroatoms. The van der Waals surface area contributed by atoms with Gasteiger partial charge in [0, 0.05) is 54.8 Å². The van der Waals surface area contributed by atoms with Gasteiger partial charge >= 0.3 is 0 Å². The molecule has 1 fully saturated rings. The molecule has 2 heterocycles. The maximum absolute atomic E-state index is 12.8. The van der Waals surface area contributed by atoms with Gasteiger partial charge in [0.1, 0.15) is 0 Å². The second kappa shape index (κ2) is 7.74. The topological polar surface area (TPSA) is 93.4 Å². The van der Waals surface area contributed by atoms with Crippen LogP contribution in [0.2, 0.25) is 0 Å². The third-order valence-electron chi connectivity index (χ3n) is 6.41. The number of carbonyl (C=O) groups is 1. The number of amides is 1. The number of anilines is 2. The molecule has 0 radical (unpaired) electrons. The van der Waals surface area contributed by atoms with Crippen molar-refractivity contribution in [3.63, 3.8) is 0 Å². The number of benzene rings is 2. The fourth-order valence-corrected chi connectivity index (χ4v) is 4.42. The molecule has 1 aliphatic carbocycles. The Morgan fingerprint density at radius 1 is 1.19 bits per heavy atom. The van der Waals surface area contributed by atoms with E-state index in [1.54, 1.807) is 25.5 Å². The van der Waals surface area contributed by atoms with Gasteiger partial charge in [-0.2, -0.15) is 5.26 Å². The second-order valence-electron chi connectivity index (χ2n) is 8.51. The van der Waals surface area contributed by atoms with E-state index < -0.39 is 0 Å². The standard InChI is InChI=1S/C25H23N5O2/c1-29(9-10-31)23(32)19-5-6-21-22(12-19)30(16-25(21)7-8-25)24-27-14-20(15-28-24)18-4-2-3-17(11-18)13-26/h2-6,11-12,14-15,31H,7-10,16H2,1H3. The van der Waals surface area contributed by atoms with E-state index in [1.165, 1.54) is 10.5 Å². The van der Waals surface area contributed by atoms with Crippen LogP contribution in [0.25, 0.3) is 11.1 Å². The summed E-state index contributed by atoms with van der Waals surface area (Å²) in [6, 6.07) is 15.4. The Bertz CT molecular complexity index is 1230. The Kier molecular flexibility index (Phi) is 4.87. The highest BCUT2D eigenvalue weighted by molar-refractivity contribution is 5.96.